The maximum atomic E-state index is 5.43. The normalized spacial score (nSPS) is 22.9. The third-order valence-electron chi connectivity index (χ3n) is 3.63. The maximum Gasteiger partial charge on any atom is 0.244 e. The topological polar surface area (TPSA) is 51.0 Å². The fourth-order valence-corrected chi connectivity index (χ4v) is 3.26. The maximum absolute atomic E-state index is 5.43. The van der Waals surface area contributed by atoms with Gasteiger partial charge in [-0.15, -0.1) is 11.8 Å². The summed E-state index contributed by atoms with van der Waals surface area (Å²) in [5.74, 6) is 2.81. The number of nitrogens with one attached hydrogen (secondary N) is 1. The highest BCUT2D eigenvalue weighted by Crippen LogP contribution is 2.28. The molecule has 1 aromatic heterocycles. The third kappa shape index (κ3) is 3.22. The number of hydrogen-bond donors (Lipinski definition) is 1. The molecule has 2 heterocycles. The van der Waals surface area contributed by atoms with Gasteiger partial charge in [-0.3, -0.25) is 0 Å². The fourth-order valence-electron chi connectivity index (χ4n) is 2.50. The molecule has 0 spiro atoms. The van der Waals surface area contributed by atoms with Crippen LogP contribution < -0.4 is 5.32 Å². The lowest BCUT2D eigenvalue weighted by Crippen LogP contribution is -2.33. The Morgan fingerprint density at radius 3 is 3.00 bits per heavy atom. The van der Waals surface area contributed by atoms with Crippen LogP contribution in [0.1, 0.15) is 37.5 Å². The van der Waals surface area contributed by atoms with Crippen molar-refractivity contribution in [2.75, 3.05) is 6.54 Å². The molecule has 1 aliphatic heterocycles. The van der Waals surface area contributed by atoms with E-state index in [0.717, 1.165) is 24.0 Å². The number of nitrogens with zero attached hydrogens (tertiary/aromatic N) is 2. The predicted octanol–water partition coefficient (Wildman–Crippen LogP) is 3.42. The predicted molar refractivity (Wildman–Crippen MR) is 79.4 cm³/mol. The van der Waals surface area contributed by atoms with Crippen molar-refractivity contribution in [1.29, 1.82) is 0 Å². The first-order valence-corrected chi connectivity index (χ1v) is 8.05. The van der Waals surface area contributed by atoms with Crippen molar-refractivity contribution in [1.82, 2.24) is 15.5 Å². The smallest absolute Gasteiger partial charge is 0.244 e. The van der Waals surface area contributed by atoms with Gasteiger partial charge in [-0.1, -0.05) is 30.3 Å². The SMILES string of the molecule is CC1CCCNC1c1nc(CSc2ccccc2)no1. The van der Waals surface area contributed by atoms with Gasteiger partial charge in [-0.2, -0.15) is 4.98 Å². The Labute approximate surface area is 123 Å². The van der Waals surface area contributed by atoms with Crippen LogP contribution in [0, 0.1) is 5.92 Å². The summed E-state index contributed by atoms with van der Waals surface area (Å²) in [6.45, 7) is 3.27. The molecule has 1 N–H and O–H groups in total. The summed E-state index contributed by atoms with van der Waals surface area (Å²) in [7, 11) is 0. The zero-order valence-electron chi connectivity index (χ0n) is 11.6. The van der Waals surface area contributed by atoms with Gasteiger partial charge in [0, 0.05) is 4.90 Å². The van der Waals surface area contributed by atoms with Gasteiger partial charge in [0.1, 0.15) is 0 Å². The molecule has 0 bridgehead atoms. The molecule has 0 saturated carbocycles. The Morgan fingerprint density at radius 2 is 2.20 bits per heavy atom. The lowest BCUT2D eigenvalue weighted by molar-refractivity contribution is 0.239. The lowest BCUT2D eigenvalue weighted by Gasteiger charge is -2.26. The van der Waals surface area contributed by atoms with E-state index in [1.807, 2.05) is 18.2 Å². The monoisotopic (exact) mass is 289 g/mol. The molecule has 1 saturated heterocycles. The first-order chi connectivity index (χ1) is 9.83. The van der Waals surface area contributed by atoms with Crippen LogP contribution in [-0.2, 0) is 5.75 Å². The molecule has 3 rings (SSSR count). The second-order valence-electron chi connectivity index (χ2n) is 5.20. The molecular formula is C15H19N3OS. The molecule has 1 aliphatic rings. The minimum Gasteiger partial charge on any atom is -0.338 e. The van der Waals surface area contributed by atoms with Crippen molar-refractivity contribution >= 4 is 11.8 Å². The van der Waals surface area contributed by atoms with E-state index in [1.165, 1.54) is 17.7 Å². The molecule has 2 aromatic rings. The van der Waals surface area contributed by atoms with E-state index in [4.69, 9.17) is 4.52 Å². The number of aromatic nitrogens is 2. The Kier molecular flexibility index (Phi) is 4.38. The number of benzene rings is 1. The molecular weight excluding hydrogens is 270 g/mol. The van der Waals surface area contributed by atoms with Crippen LogP contribution in [-0.4, -0.2) is 16.7 Å². The van der Waals surface area contributed by atoms with Crippen LogP contribution in [0.2, 0.25) is 0 Å². The summed E-state index contributed by atoms with van der Waals surface area (Å²) >= 11 is 1.73. The fraction of sp³-hybridized carbons (Fsp3) is 0.467. The first-order valence-electron chi connectivity index (χ1n) is 7.06. The Morgan fingerprint density at radius 1 is 1.35 bits per heavy atom. The van der Waals surface area contributed by atoms with Crippen LogP contribution in [0.25, 0.3) is 0 Å². The van der Waals surface area contributed by atoms with Crippen LogP contribution in [0.3, 0.4) is 0 Å². The summed E-state index contributed by atoms with van der Waals surface area (Å²) in [5.41, 5.74) is 0. The lowest BCUT2D eigenvalue weighted by atomic mass is 9.93. The average Bonchev–Trinajstić information content (AvgIpc) is 2.95. The first kappa shape index (κ1) is 13.6. The summed E-state index contributed by atoms with van der Waals surface area (Å²) in [6.07, 6.45) is 2.44. The highest BCUT2D eigenvalue weighted by atomic mass is 32.2. The van der Waals surface area contributed by atoms with Crippen molar-refractivity contribution in [2.24, 2.45) is 5.92 Å². The summed E-state index contributed by atoms with van der Waals surface area (Å²) in [5, 5.41) is 7.56. The third-order valence-corrected chi connectivity index (χ3v) is 4.64. The van der Waals surface area contributed by atoms with Gasteiger partial charge >= 0.3 is 0 Å². The van der Waals surface area contributed by atoms with Crippen LogP contribution in [0.4, 0.5) is 0 Å². The molecule has 106 valence electrons. The minimum absolute atomic E-state index is 0.215. The highest BCUT2D eigenvalue weighted by molar-refractivity contribution is 7.98. The van der Waals surface area contributed by atoms with Crippen molar-refractivity contribution in [3.05, 3.63) is 42.0 Å². The van der Waals surface area contributed by atoms with Crippen molar-refractivity contribution in [3.63, 3.8) is 0 Å². The Bertz CT molecular complexity index is 543. The molecule has 1 fully saturated rings. The number of thioether (sulfide) groups is 1. The molecule has 2 unspecified atom stereocenters. The zero-order valence-corrected chi connectivity index (χ0v) is 12.4. The van der Waals surface area contributed by atoms with Crippen LogP contribution in [0.5, 0.6) is 0 Å². The van der Waals surface area contributed by atoms with Gasteiger partial charge in [0.05, 0.1) is 11.8 Å². The molecule has 20 heavy (non-hydrogen) atoms. The van der Waals surface area contributed by atoms with Crippen molar-refractivity contribution in [3.8, 4) is 0 Å². The van der Waals surface area contributed by atoms with E-state index in [2.05, 4.69) is 34.5 Å². The molecule has 0 aliphatic carbocycles. The molecule has 2 atom stereocenters. The number of piperidine rings is 1. The molecule has 0 radical (unpaired) electrons. The van der Waals surface area contributed by atoms with Gasteiger partial charge in [-0.25, -0.2) is 0 Å². The molecule has 1 aromatic carbocycles. The Hall–Kier alpha value is -1.33. The molecule has 0 amide bonds. The zero-order chi connectivity index (χ0) is 13.8. The minimum atomic E-state index is 0.215. The molecule has 4 nitrogen and oxygen atoms in total. The second-order valence-corrected chi connectivity index (χ2v) is 6.25. The Balaban J connectivity index is 1.62. The molecule has 5 heteroatoms. The average molecular weight is 289 g/mol. The van der Waals surface area contributed by atoms with E-state index in [9.17, 15) is 0 Å². The second kappa shape index (κ2) is 6.41. The van der Waals surface area contributed by atoms with Gasteiger partial charge in [0.15, 0.2) is 5.82 Å². The van der Waals surface area contributed by atoms with Crippen LogP contribution >= 0.6 is 11.8 Å². The van der Waals surface area contributed by atoms with E-state index in [1.54, 1.807) is 11.8 Å². The van der Waals surface area contributed by atoms with E-state index in [-0.39, 0.29) is 6.04 Å². The summed E-state index contributed by atoms with van der Waals surface area (Å²) < 4.78 is 5.43. The quantitative estimate of drug-likeness (QED) is 0.874. The van der Waals surface area contributed by atoms with Gasteiger partial charge < -0.3 is 9.84 Å². The number of hydrogen-bond acceptors (Lipinski definition) is 5. The van der Waals surface area contributed by atoms with Crippen LogP contribution in [0.15, 0.2) is 39.8 Å². The van der Waals surface area contributed by atoms with Gasteiger partial charge in [0.25, 0.3) is 0 Å². The highest BCUT2D eigenvalue weighted by Gasteiger charge is 2.27. The van der Waals surface area contributed by atoms with Gasteiger partial charge in [0.2, 0.25) is 5.89 Å². The van der Waals surface area contributed by atoms with Gasteiger partial charge in [-0.05, 0) is 37.4 Å². The van der Waals surface area contributed by atoms with Crippen molar-refractivity contribution in [2.45, 2.75) is 36.5 Å². The van der Waals surface area contributed by atoms with E-state index < -0.39 is 0 Å². The standard InChI is InChI=1S/C15H19N3OS/c1-11-6-5-9-16-14(11)15-17-13(18-19-15)10-20-12-7-3-2-4-8-12/h2-4,7-8,11,14,16H,5-6,9-10H2,1H3. The van der Waals surface area contributed by atoms with Crippen molar-refractivity contribution < 1.29 is 4.52 Å². The summed E-state index contributed by atoms with van der Waals surface area (Å²) in [6, 6.07) is 10.5. The number of rotatable bonds is 4. The van der Waals surface area contributed by atoms with E-state index in [0.29, 0.717) is 5.92 Å². The summed E-state index contributed by atoms with van der Waals surface area (Å²) in [4.78, 5) is 5.76. The largest absolute Gasteiger partial charge is 0.338 e. The van der Waals surface area contributed by atoms with E-state index >= 15 is 0 Å².